The highest BCUT2D eigenvalue weighted by molar-refractivity contribution is 5.80. The van der Waals surface area contributed by atoms with Crippen LogP contribution in [0.5, 0.6) is 11.5 Å². The minimum absolute atomic E-state index is 0.781. The largest absolute Gasteiger partial charge is 0.493 e. The topological polar surface area (TPSA) is 46.1 Å². The molecule has 0 saturated carbocycles. The lowest BCUT2D eigenvalue weighted by atomic mass is 9.99. The van der Waals surface area contributed by atoms with Crippen molar-refractivity contribution in [3.05, 3.63) is 59.2 Å². The van der Waals surface area contributed by atoms with Gasteiger partial charge in [-0.15, -0.1) is 0 Å². The number of guanidine groups is 1. The van der Waals surface area contributed by atoms with Gasteiger partial charge in [-0.3, -0.25) is 4.99 Å². The highest BCUT2D eigenvalue weighted by atomic mass is 16.5. The van der Waals surface area contributed by atoms with Gasteiger partial charge in [-0.2, -0.15) is 0 Å². The average molecular weight is 367 g/mol. The van der Waals surface area contributed by atoms with Crippen LogP contribution in [0.1, 0.15) is 23.1 Å². The zero-order chi connectivity index (χ0) is 19.1. The van der Waals surface area contributed by atoms with Gasteiger partial charge in [0.1, 0.15) is 0 Å². The fourth-order valence-corrected chi connectivity index (χ4v) is 3.53. The number of hydrogen-bond donors (Lipinski definition) is 1. The fraction of sp³-hybridized carbons (Fsp3) is 0.409. The van der Waals surface area contributed by atoms with E-state index in [2.05, 4.69) is 57.7 Å². The quantitative estimate of drug-likeness (QED) is 0.484. The van der Waals surface area contributed by atoms with Gasteiger partial charge in [0.2, 0.25) is 0 Å². The highest BCUT2D eigenvalue weighted by Crippen LogP contribution is 2.33. The second-order valence-corrected chi connectivity index (χ2v) is 6.71. The predicted molar refractivity (Wildman–Crippen MR) is 110 cm³/mol. The maximum absolute atomic E-state index is 5.46. The van der Waals surface area contributed by atoms with Crippen LogP contribution in [0, 0.1) is 0 Å². The lowest BCUT2D eigenvalue weighted by Gasteiger charge is -2.32. The number of hydrogen-bond acceptors (Lipinski definition) is 3. The van der Waals surface area contributed by atoms with Crippen molar-refractivity contribution in [3.63, 3.8) is 0 Å². The molecule has 2 aromatic carbocycles. The van der Waals surface area contributed by atoms with E-state index in [1.54, 1.807) is 14.2 Å². The summed E-state index contributed by atoms with van der Waals surface area (Å²) in [6.07, 6.45) is 3.13. The number of benzene rings is 2. The Balaban J connectivity index is 1.57. The van der Waals surface area contributed by atoms with Crippen molar-refractivity contribution in [2.24, 2.45) is 4.99 Å². The summed E-state index contributed by atoms with van der Waals surface area (Å²) < 4.78 is 10.9. The number of fused-ring (bicyclic) bond motifs is 1. The van der Waals surface area contributed by atoms with Gasteiger partial charge in [-0.05, 0) is 48.1 Å². The summed E-state index contributed by atoms with van der Waals surface area (Å²) in [6, 6.07) is 14.8. The average Bonchev–Trinajstić information content (AvgIpc) is 2.73. The van der Waals surface area contributed by atoms with E-state index in [9.17, 15) is 0 Å². The lowest BCUT2D eigenvalue weighted by molar-refractivity contribution is 0.346. The Morgan fingerprint density at radius 3 is 2.44 bits per heavy atom. The van der Waals surface area contributed by atoms with Crippen LogP contribution in [0.2, 0.25) is 0 Å². The van der Waals surface area contributed by atoms with Crippen molar-refractivity contribution < 1.29 is 9.47 Å². The van der Waals surface area contributed by atoms with Gasteiger partial charge in [0.25, 0.3) is 0 Å². The third kappa shape index (κ3) is 4.73. The standard InChI is InChI=1S/C22H29N3O2/c1-23-22(24-12-7-10-17-8-5-4-6-9-17)25-13-11-18-14-20(26-2)21(27-3)15-19(18)16-25/h4-6,8-9,14-15H,7,10-13,16H2,1-3H3,(H,23,24). The zero-order valence-electron chi connectivity index (χ0n) is 16.5. The zero-order valence-corrected chi connectivity index (χ0v) is 16.5. The third-order valence-electron chi connectivity index (χ3n) is 5.00. The van der Waals surface area contributed by atoms with E-state index in [1.165, 1.54) is 16.7 Å². The summed E-state index contributed by atoms with van der Waals surface area (Å²) in [7, 11) is 5.21. The fourth-order valence-electron chi connectivity index (χ4n) is 3.53. The molecule has 144 valence electrons. The van der Waals surface area contributed by atoms with E-state index >= 15 is 0 Å². The summed E-state index contributed by atoms with van der Waals surface area (Å²) in [5, 5.41) is 3.51. The molecule has 0 aromatic heterocycles. The summed E-state index contributed by atoms with van der Waals surface area (Å²) in [5.74, 6) is 2.54. The molecule has 0 radical (unpaired) electrons. The molecular weight excluding hydrogens is 338 g/mol. The van der Waals surface area contributed by atoms with E-state index < -0.39 is 0 Å². The van der Waals surface area contributed by atoms with Gasteiger partial charge < -0.3 is 19.7 Å². The summed E-state index contributed by atoms with van der Waals surface area (Å²) >= 11 is 0. The molecule has 1 N–H and O–H groups in total. The molecule has 3 rings (SSSR count). The van der Waals surface area contributed by atoms with Crippen molar-refractivity contribution in [2.75, 3.05) is 34.4 Å². The summed E-state index contributed by atoms with van der Waals surface area (Å²) in [4.78, 5) is 6.78. The first-order valence-electron chi connectivity index (χ1n) is 9.48. The smallest absolute Gasteiger partial charge is 0.193 e. The monoisotopic (exact) mass is 367 g/mol. The van der Waals surface area contributed by atoms with Gasteiger partial charge in [0, 0.05) is 26.7 Å². The molecule has 1 aliphatic heterocycles. The molecule has 0 unspecified atom stereocenters. The molecule has 5 heteroatoms. The van der Waals surface area contributed by atoms with Crippen molar-refractivity contribution in [2.45, 2.75) is 25.8 Å². The normalized spacial score (nSPS) is 13.9. The van der Waals surface area contributed by atoms with Crippen LogP contribution >= 0.6 is 0 Å². The minimum Gasteiger partial charge on any atom is -0.493 e. The van der Waals surface area contributed by atoms with Crippen molar-refractivity contribution in [1.82, 2.24) is 10.2 Å². The molecule has 27 heavy (non-hydrogen) atoms. The Hall–Kier alpha value is -2.69. The molecule has 0 fully saturated rings. The van der Waals surface area contributed by atoms with Gasteiger partial charge >= 0.3 is 0 Å². The Kier molecular flexibility index (Phi) is 6.58. The number of nitrogens with zero attached hydrogens (tertiary/aromatic N) is 2. The van der Waals surface area contributed by atoms with E-state index in [-0.39, 0.29) is 0 Å². The first kappa shape index (κ1) is 19.1. The van der Waals surface area contributed by atoms with Crippen molar-refractivity contribution >= 4 is 5.96 Å². The van der Waals surface area contributed by atoms with Crippen LogP contribution < -0.4 is 14.8 Å². The maximum Gasteiger partial charge on any atom is 0.193 e. The highest BCUT2D eigenvalue weighted by Gasteiger charge is 2.21. The number of aryl methyl sites for hydroxylation is 1. The number of nitrogens with one attached hydrogen (secondary N) is 1. The number of aliphatic imine (C=N–C) groups is 1. The van der Waals surface area contributed by atoms with E-state index in [4.69, 9.17) is 9.47 Å². The first-order valence-corrected chi connectivity index (χ1v) is 9.48. The van der Waals surface area contributed by atoms with Crippen LogP contribution in [-0.2, 0) is 19.4 Å². The van der Waals surface area contributed by atoms with Crippen LogP contribution in [-0.4, -0.2) is 45.2 Å². The minimum atomic E-state index is 0.781. The Morgan fingerprint density at radius 2 is 1.78 bits per heavy atom. The van der Waals surface area contributed by atoms with Crippen LogP contribution in [0.15, 0.2) is 47.5 Å². The van der Waals surface area contributed by atoms with Crippen LogP contribution in [0.3, 0.4) is 0 Å². The van der Waals surface area contributed by atoms with Crippen molar-refractivity contribution in [3.8, 4) is 11.5 Å². The SMILES string of the molecule is CN=C(NCCCc1ccccc1)N1CCc2cc(OC)c(OC)cc2C1. The number of methoxy groups -OCH3 is 2. The second-order valence-electron chi connectivity index (χ2n) is 6.71. The van der Waals surface area contributed by atoms with Gasteiger partial charge in [0.15, 0.2) is 17.5 Å². The molecule has 0 saturated heterocycles. The Bertz CT molecular complexity index is 775. The van der Waals surface area contributed by atoms with Gasteiger partial charge in [0.05, 0.1) is 14.2 Å². The molecule has 5 nitrogen and oxygen atoms in total. The third-order valence-corrected chi connectivity index (χ3v) is 5.00. The molecule has 0 amide bonds. The van der Waals surface area contributed by atoms with Gasteiger partial charge in [-0.25, -0.2) is 0 Å². The predicted octanol–water partition coefficient (Wildman–Crippen LogP) is 3.27. The number of ether oxygens (including phenoxy) is 2. The maximum atomic E-state index is 5.46. The van der Waals surface area contributed by atoms with E-state index in [1.807, 2.05) is 7.05 Å². The molecule has 0 bridgehead atoms. The first-order chi connectivity index (χ1) is 13.2. The van der Waals surface area contributed by atoms with Crippen LogP contribution in [0.4, 0.5) is 0 Å². The lowest BCUT2D eigenvalue weighted by Crippen LogP contribution is -2.44. The summed E-state index contributed by atoms with van der Waals surface area (Å²) in [5.41, 5.74) is 3.97. The van der Waals surface area contributed by atoms with Gasteiger partial charge in [-0.1, -0.05) is 30.3 Å². The Morgan fingerprint density at radius 1 is 1.07 bits per heavy atom. The molecule has 1 heterocycles. The van der Waals surface area contributed by atoms with E-state index in [0.717, 1.165) is 56.4 Å². The molecule has 0 atom stereocenters. The second kappa shape index (κ2) is 9.31. The molecule has 2 aromatic rings. The number of rotatable bonds is 6. The Labute approximate surface area is 162 Å². The van der Waals surface area contributed by atoms with Crippen molar-refractivity contribution in [1.29, 1.82) is 0 Å². The van der Waals surface area contributed by atoms with E-state index in [0.29, 0.717) is 0 Å². The molecule has 0 aliphatic carbocycles. The molecular formula is C22H29N3O2. The molecule has 0 spiro atoms. The molecule has 1 aliphatic rings. The van der Waals surface area contributed by atoms with Crippen LogP contribution in [0.25, 0.3) is 0 Å². The summed E-state index contributed by atoms with van der Waals surface area (Å²) in [6.45, 7) is 2.69.